The summed E-state index contributed by atoms with van der Waals surface area (Å²) in [5.41, 5.74) is 0. The standard InChI is InChI=1S/C2H4O2Si/c1-3-5(1)2-4-5/h1-2H2. The minimum atomic E-state index is -1.11. The molecule has 2 saturated heterocycles. The molecule has 0 amide bonds. The van der Waals surface area contributed by atoms with E-state index >= 15 is 0 Å². The summed E-state index contributed by atoms with van der Waals surface area (Å²) in [6.07, 6.45) is 1.96. The molecule has 2 nitrogen and oxygen atoms in total. The third kappa shape index (κ3) is 0.184. The van der Waals surface area contributed by atoms with Gasteiger partial charge in [0.2, 0.25) is 0 Å². The van der Waals surface area contributed by atoms with Crippen LogP contribution in [0.5, 0.6) is 0 Å². The molecular weight excluding hydrogens is 84.1 g/mol. The monoisotopic (exact) mass is 88.0 g/mol. The van der Waals surface area contributed by atoms with Crippen molar-refractivity contribution >= 4 is 8.56 Å². The zero-order valence-corrected chi connectivity index (χ0v) is 3.73. The van der Waals surface area contributed by atoms with E-state index in [4.69, 9.17) is 8.85 Å². The molecule has 1 spiro atoms. The molecule has 0 aromatic heterocycles. The molecule has 0 aliphatic carbocycles. The molecule has 0 aromatic rings. The van der Waals surface area contributed by atoms with Crippen LogP contribution >= 0.6 is 0 Å². The molecule has 0 aromatic carbocycles. The maximum absolute atomic E-state index is 4.92. The molecule has 2 rings (SSSR count). The van der Waals surface area contributed by atoms with Crippen molar-refractivity contribution in [2.75, 3.05) is 12.5 Å². The summed E-state index contributed by atoms with van der Waals surface area (Å²) in [4.78, 5) is 0. The number of hydrogen-bond donors (Lipinski definition) is 0. The molecule has 0 atom stereocenters. The van der Waals surface area contributed by atoms with Crippen LogP contribution in [-0.2, 0) is 8.85 Å². The van der Waals surface area contributed by atoms with Crippen LogP contribution in [0.4, 0.5) is 0 Å². The van der Waals surface area contributed by atoms with Gasteiger partial charge >= 0.3 is 8.56 Å². The Morgan fingerprint density at radius 1 is 1.20 bits per heavy atom. The van der Waals surface area contributed by atoms with E-state index in [9.17, 15) is 0 Å². The lowest BCUT2D eigenvalue weighted by Gasteiger charge is -1.47. The predicted molar refractivity (Wildman–Crippen MR) is 17.7 cm³/mol. The van der Waals surface area contributed by atoms with Gasteiger partial charge in [0.1, 0.15) is 0 Å². The van der Waals surface area contributed by atoms with Gasteiger partial charge in [0.05, 0.1) is 12.5 Å². The molecule has 0 saturated carbocycles. The van der Waals surface area contributed by atoms with Gasteiger partial charge in [-0.1, -0.05) is 0 Å². The Bertz CT molecular complexity index is 50.5. The smallest absolute Gasteiger partial charge is 0.388 e. The van der Waals surface area contributed by atoms with Crippen molar-refractivity contribution in [2.24, 2.45) is 0 Å². The average molecular weight is 88.1 g/mol. The third-order valence-corrected chi connectivity index (χ3v) is 2.80. The van der Waals surface area contributed by atoms with E-state index in [2.05, 4.69) is 0 Å². The number of hydrogen-bond acceptors (Lipinski definition) is 2. The van der Waals surface area contributed by atoms with Crippen molar-refractivity contribution in [1.82, 2.24) is 0 Å². The topological polar surface area (TPSA) is 25.1 Å². The quantitative estimate of drug-likeness (QED) is 0.296. The van der Waals surface area contributed by atoms with Gasteiger partial charge in [-0.2, -0.15) is 0 Å². The Morgan fingerprint density at radius 2 is 1.60 bits per heavy atom. The SMILES string of the molecule is C1O[Si]12CO2. The highest BCUT2D eigenvalue weighted by molar-refractivity contribution is 6.81. The summed E-state index contributed by atoms with van der Waals surface area (Å²) >= 11 is 0. The van der Waals surface area contributed by atoms with E-state index in [1.165, 1.54) is 0 Å². The molecule has 5 heavy (non-hydrogen) atoms. The summed E-state index contributed by atoms with van der Waals surface area (Å²) in [7, 11) is -1.11. The van der Waals surface area contributed by atoms with Gasteiger partial charge in [0.25, 0.3) is 0 Å². The Kier molecular flexibility index (Phi) is 0.185. The zero-order valence-electron chi connectivity index (χ0n) is 2.73. The first kappa shape index (κ1) is 2.33. The van der Waals surface area contributed by atoms with Crippen molar-refractivity contribution in [3.8, 4) is 0 Å². The molecule has 2 heterocycles. The van der Waals surface area contributed by atoms with Crippen LogP contribution in [0.1, 0.15) is 0 Å². The molecule has 2 fully saturated rings. The summed E-state index contributed by atoms with van der Waals surface area (Å²) in [6.45, 7) is 0. The van der Waals surface area contributed by atoms with Crippen LogP contribution in [0.25, 0.3) is 0 Å². The van der Waals surface area contributed by atoms with E-state index in [1.807, 2.05) is 0 Å². The van der Waals surface area contributed by atoms with Crippen LogP contribution in [0.3, 0.4) is 0 Å². The molecule has 2 aliphatic rings. The van der Waals surface area contributed by atoms with Gasteiger partial charge < -0.3 is 8.85 Å². The average Bonchev–Trinajstić information content (AvgIpc) is 2.17. The van der Waals surface area contributed by atoms with E-state index in [1.54, 1.807) is 0 Å². The summed E-state index contributed by atoms with van der Waals surface area (Å²) < 4.78 is 9.85. The molecule has 3 heteroatoms. The van der Waals surface area contributed by atoms with E-state index < -0.39 is 8.56 Å². The molecule has 0 N–H and O–H groups in total. The highest BCUT2D eigenvalue weighted by Gasteiger charge is 2.64. The van der Waals surface area contributed by atoms with E-state index in [0.717, 1.165) is 12.5 Å². The van der Waals surface area contributed by atoms with Crippen LogP contribution in [0.2, 0.25) is 0 Å². The molecule has 2 aliphatic heterocycles. The Morgan fingerprint density at radius 3 is 1.60 bits per heavy atom. The Labute approximate surface area is 30.9 Å². The van der Waals surface area contributed by atoms with Crippen molar-refractivity contribution in [3.63, 3.8) is 0 Å². The van der Waals surface area contributed by atoms with Crippen molar-refractivity contribution < 1.29 is 8.85 Å². The largest absolute Gasteiger partial charge is 0.390 e. The highest BCUT2D eigenvalue weighted by atomic mass is 28.4. The molecule has 28 valence electrons. The second kappa shape index (κ2) is 0.396. The maximum atomic E-state index is 4.92. The first-order valence-electron chi connectivity index (χ1n) is 1.69. The first-order chi connectivity index (χ1) is 2.41. The second-order valence-corrected chi connectivity index (χ2v) is 4.46. The summed E-state index contributed by atoms with van der Waals surface area (Å²) in [5, 5.41) is 0. The van der Waals surface area contributed by atoms with Gasteiger partial charge in [0.15, 0.2) is 0 Å². The molecule has 0 radical (unpaired) electrons. The third-order valence-electron chi connectivity index (χ3n) is 0.933. The fraction of sp³-hybridized carbons (Fsp3) is 1.00. The van der Waals surface area contributed by atoms with Gasteiger partial charge in [-0.05, 0) is 0 Å². The van der Waals surface area contributed by atoms with Crippen LogP contribution in [0, 0.1) is 0 Å². The maximum Gasteiger partial charge on any atom is 0.388 e. The minimum absolute atomic E-state index is 0.979. The zero-order chi connectivity index (χ0) is 3.33. The van der Waals surface area contributed by atoms with Crippen LogP contribution < -0.4 is 0 Å². The first-order valence-corrected chi connectivity index (χ1v) is 3.92. The Balaban J connectivity index is 2.30. The highest BCUT2D eigenvalue weighted by Crippen LogP contribution is 2.34. The summed E-state index contributed by atoms with van der Waals surface area (Å²) in [6, 6.07) is 0. The molecule has 0 unspecified atom stereocenters. The fourth-order valence-electron chi connectivity index (χ4n) is 0.328. The van der Waals surface area contributed by atoms with E-state index in [0.29, 0.717) is 0 Å². The van der Waals surface area contributed by atoms with Gasteiger partial charge in [-0.15, -0.1) is 0 Å². The lowest BCUT2D eigenvalue weighted by atomic mass is 11.7. The van der Waals surface area contributed by atoms with Crippen LogP contribution in [0.15, 0.2) is 0 Å². The van der Waals surface area contributed by atoms with Crippen molar-refractivity contribution in [2.45, 2.75) is 0 Å². The Hall–Kier alpha value is 0.137. The van der Waals surface area contributed by atoms with Crippen molar-refractivity contribution in [1.29, 1.82) is 0 Å². The molecule has 0 bridgehead atoms. The molecular formula is C2H4O2Si. The van der Waals surface area contributed by atoms with Crippen LogP contribution in [-0.4, -0.2) is 21.0 Å². The lowest BCUT2D eigenvalue weighted by molar-refractivity contribution is 0.500. The second-order valence-electron chi connectivity index (χ2n) is 1.49. The lowest BCUT2D eigenvalue weighted by Crippen LogP contribution is -1.85. The number of rotatable bonds is 0. The van der Waals surface area contributed by atoms with Gasteiger partial charge in [0, 0.05) is 0 Å². The van der Waals surface area contributed by atoms with Gasteiger partial charge in [-0.3, -0.25) is 0 Å². The minimum Gasteiger partial charge on any atom is -0.390 e. The normalized spacial score (nSPS) is 38.4. The van der Waals surface area contributed by atoms with Crippen molar-refractivity contribution in [3.05, 3.63) is 0 Å². The van der Waals surface area contributed by atoms with E-state index in [-0.39, 0.29) is 0 Å². The predicted octanol–water partition coefficient (Wildman–Crippen LogP) is -0.433. The summed E-state index contributed by atoms with van der Waals surface area (Å²) in [5.74, 6) is 0. The fourth-order valence-corrected chi connectivity index (χ4v) is 1.95. The van der Waals surface area contributed by atoms with Gasteiger partial charge in [-0.25, -0.2) is 0 Å².